The molecule has 0 unspecified atom stereocenters. The third kappa shape index (κ3) is 5.30. The number of anilines is 1. The molecule has 4 aromatic rings. The molecular formula is C27H28ClN5O4S. The van der Waals surface area contributed by atoms with E-state index in [9.17, 15) is 18.3 Å². The Morgan fingerprint density at radius 1 is 1.16 bits per heavy atom. The summed E-state index contributed by atoms with van der Waals surface area (Å²) < 4.78 is 30.0. The highest BCUT2D eigenvalue weighted by Gasteiger charge is 2.30. The number of halogens is 1. The summed E-state index contributed by atoms with van der Waals surface area (Å²) >= 11 is 6.06. The van der Waals surface area contributed by atoms with Crippen molar-refractivity contribution < 1.29 is 18.3 Å². The molecule has 5 rings (SSSR count). The number of nitrogens with zero attached hydrogens (tertiary/aromatic N) is 3. The van der Waals surface area contributed by atoms with E-state index >= 15 is 0 Å². The van der Waals surface area contributed by atoms with E-state index in [1.165, 1.54) is 18.3 Å². The molecule has 1 saturated carbocycles. The summed E-state index contributed by atoms with van der Waals surface area (Å²) in [7, 11) is -3.94. The zero-order valence-electron chi connectivity index (χ0n) is 21.2. The molecule has 0 saturated heterocycles. The number of fused-ring (bicyclic) bond motifs is 1. The van der Waals surface area contributed by atoms with E-state index in [4.69, 9.17) is 16.6 Å². The molecule has 2 heterocycles. The van der Waals surface area contributed by atoms with E-state index in [-0.39, 0.29) is 17.1 Å². The number of rotatable bonds is 8. The van der Waals surface area contributed by atoms with Crippen molar-refractivity contribution in [1.29, 1.82) is 0 Å². The molecule has 1 aliphatic carbocycles. The Morgan fingerprint density at radius 2 is 1.87 bits per heavy atom. The van der Waals surface area contributed by atoms with E-state index in [1.807, 2.05) is 18.2 Å². The maximum atomic E-state index is 13.4. The summed E-state index contributed by atoms with van der Waals surface area (Å²) in [6.07, 6.45) is 3.57. The number of hydrogen-bond acceptors (Lipinski definition) is 6. The smallest absolute Gasteiger partial charge is 0.261 e. The van der Waals surface area contributed by atoms with Crippen molar-refractivity contribution in [2.24, 2.45) is 0 Å². The van der Waals surface area contributed by atoms with Crippen LogP contribution in [0.4, 0.5) is 5.69 Å². The van der Waals surface area contributed by atoms with E-state index in [2.05, 4.69) is 15.1 Å². The Hall–Kier alpha value is -3.31. The van der Waals surface area contributed by atoms with E-state index in [0.29, 0.717) is 33.5 Å². The second-order valence-electron chi connectivity index (χ2n) is 10.2. The van der Waals surface area contributed by atoms with E-state index in [1.54, 1.807) is 43.5 Å². The highest BCUT2D eigenvalue weighted by Crippen LogP contribution is 2.41. The van der Waals surface area contributed by atoms with Crippen LogP contribution in [0.15, 0.2) is 59.6 Å². The lowest BCUT2D eigenvalue weighted by Gasteiger charge is -2.23. The standard InChI is InChI=1S/C27H28ClN5O4S/c1-16-4-11-20(38(36,37)32-27(2,3)15-34)12-22(16)31-26(35)21-14-29-33-24(18-5-6-18)13-23(30-25(21)33)17-7-9-19(28)10-8-17/h4,7-14,18,32,34H,5-6,15H2,1-3H3,(H,31,35). The van der Waals surface area contributed by atoms with Crippen LogP contribution < -0.4 is 10.0 Å². The maximum Gasteiger partial charge on any atom is 0.261 e. The monoisotopic (exact) mass is 553 g/mol. The number of benzene rings is 2. The summed E-state index contributed by atoms with van der Waals surface area (Å²) in [5.41, 5.74) is 3.25. The molecule has 2 aromatic heterocycles. The van der Waals surface area contributed by atoms with E-state index < -0.39 is 21.5 Å². The molecule has 2 aromatic carbocycles. The molecule has 0 spiro atoms. The second kappa shape index (κ2) is 9.77. The average molecular weight is 554 g/mol. The van der Waals surface area contributed by atoms with Crippen molar-refractivity contribution in [2.45, 2.75) is 50.0 Å². The first-order valence-electron chi connectivity index (χ1n) is 12.2. The van der Waals surface area contributed by atoms with Crippen LogP contribution in [0.1, 0.15) is 54.2 Å². The van der Waals surface area contributed by atoms with Gasteiger partial charge in [0.25, 0.3) is 5.91 Å². The molecule has 0 atom stereocenters. The topological polar surface area (TPSA) is 126 Å². The number of aliphatic hydroxyl groups is 1. The van der Waals surface area contributed by atoms with E-state index in [0.717, 1.165) is 24.1 Å². The Balaban J connectivity index is 1.50. The molecule has 0 aliphatic heterocycles. The Morgan fingerprint density at radius 3 is 2.53 bits per heavy atom. The summed E-state index contributed by atoms with van der Waals surface area (Å²) in [6.45, 7) is 4.56. The van der Waals surface area contributed by atoms with Gasteiger partial charge >= 0.3 is 0 Å². The lowest BCUT2D eigenvalue weighted by Crippen LogP contribution is -2.46. The van der Waals surface area contributed by atoms with Gasteiger partial charge in [-0.25, -0.2) is 22.6 Å². The fourth-order valence-electron chi connectivity index (χ4n) is 4.13. The van der Waals surface area contributed by atoms with Crippen LogP contribution in [0.2, 0.25) is 5.02 Å². The Kier molecular flexibility index (Phi) is 6.77. The normalized spacial score (nSPS) is 14.1. The Bertz CT molecular complexity index is 1640. The quantitative estimate of drug-likeness (QED) is 0.294. The van der Waals surface area contributed by atoms with Gasteiger partial charge in [0.05, 0.1) is 28.9 Å². The predicted molar refractivity (Wildman–Crippen MR) is 146 cm³/mol. The molecule has 0 radical (unpaired) electrons. The number of aliphatic hydroxyl groups excluding tert-OH is 1. The van der Waals surface area contributed by atoms with Gasteiger partial charge in [0.1, 0.15) is 5.56 Å². The van der Waals surface area contributed by atoms with Crippen LogP contribution in [0, 0.1) is 6.92 Å². The molecular weight excluding hydrogens is 526 g/mol. The number of aryl methyl sites for hydroxylation is 1. The van der Waals surface area contributed by atoms with Crippen molar-refractivity contribution in [3.63, 3.8) is 0 Å². The zero-order valence-corrected chi connectivity index (χ0v) is 22.8. The van der Waals surface area contributed by atoms with Gasteiger partial charge in [0, 0.05) is 27.9 Å². The minimum atomic E-state index is -3.94. The summed E-state index contributed by atoms with van der Waals surface area (Å²) in [4.78, 5) is 18.2. The molecule has 1 amide bonds. The minimum absolute atomic E-state index is 0.0287. The van der Waals surface area contributed by atoms with Crippen molar-refractivity contribution >= 4 is 38.9 Å². The summed E-state index contributed by atoms with van der Waals surface area (Å²) in [6, 6.07) is 13.8. The van der Waals surface area contributed by atoms with Crippen LogP contribution >= 0.6 is 11.6 Å². The number of amides is 1. The summed E-state index contributed by atoms with van der Waals surface area (Å²) in [5, 5.41) is 17.4. The number of hydrogen-bond donors (Lipinski definition) is 3. The van der Waals surface area contributed by atoms with Gasteiger partial charge < -0.3 is 10.4 Å². The van der Waals surface area contributed by atoms with Crippen LogP contribution in [-0.2, 0) is 10.0 Å². The van der Waals surface area contributed by atoms with Gasteiger partial charge in [-0.2, -0.15) is 5.10 Å². The maximum absolute atomic E-state index is 13.4. The van der Waals surface area contributed by atoms with Gasteiger partial charge in [-0.15, -0.1) is 0 Å². The largest absolute Gasteiger partial charge is 0.394 e. The first-order valence-corrected chi connectivity index (χ1v) is 14.0. The van der Waals surface area contributed by atoms with Crippen LogP contribution in [-0.4, -0.2) is 46.2 Å². The van der Waals surface area contributed by atoms with Crippen molar-refractivity contribution in [3.8, 4) is 11.3 Å². The SMILES string of the molecule is Cc1ccc(S(=O)(=O)NC(C)(C)CO)cc1NC(=O)c1cnn2c(C3CC3)cc(-c3ccc(Cl)cc3)nc12. The lowest BCUT2D eigenvalue weighted by atomic mass is 10.1. The number of carbonyl (C=O) groups excluding carboxylic acids is 1. The Labute approximate surface area is 225 Å². The van der Waals surface area contributed by atoms with Crippen molar-refractivity contribution in [3.05, 3.63) is 76.6 Å². The highest BCUT2D eigenvalue weighted by atomic mass is 35.5. The lowest BCUT2D eigenvalue weighted by molar-refractivity contribution is 0.102. The minimum Gasteiger partial charge on any atom is -0.394 e. The first kappa shape index (κ1) is 26.3. The molecule has 9 nitrogen and oxygen atoms in total. The molecule has 11 heteroatoms. The molecule has 38 heavy (non-hydrogen) atoms. The number of sulfonamides is 1. The fraction of sp³-hybridized carbons (Fsp3) is 0.296. The van der Waals surface area contributed by atoms with Gasteiger partial charge in [0.15, 0.2) is 5.65 Å². The van der Waals surface area contributed by atoms with Gasteiger partial charge in [-0.1, -0.05) is 29.8 Å². The van der Waals surface area contributed by atoms with Crippen molar-refractivity contribution in [2.75, 3.05) is 11.9 Å². The van der Waals surface area contributed by atoms with Crippen molar-refractivity contribution in [1.82, 2.24) is 19.3 Å². The van der Waals surface area contributed by atoms with Crippen LogP contribution in [0.5, 0.6) is 0 Å². The predicted octanol–water partition coefficient (Wildman–Crippen LogP) is 4.54. The molecule has 198 valence electrons. The fourth-order valence-corrected chi connectivity index (χ4v) is 5.69. The van der Waals surface area contributed by atoms with Gasteiger partial charge in [-0.05, 0) is 69.5 Å². The van der Waals surface area contributed by atoms with Crippen LogP contribution in [0.3, 0.4) is 0 Å². The molecule has 3 N–H and O–H groups in total. The molecule has 1 aliphatic rings. The second-order valence-corrected chi connectivity index (χ2v) is 12.3. The van der Waals surface area contributed by atoms with Crippen LogP contribution in [0.25, 0.3) is 16.9 Å². The molecule has 0 bridgehead atoms. The first-order chi connectivity index (χ1) is 18.0. The molecule has 1 fully saturated rings. The number of carbonyl (C=O) groups is 1. The van der Waals surface area contributed by atoms with Gasteiger partial charge in [0.2, 0.25) is 10.0 Å². The third-order valence-electron chi connectivity index (χ3n) is 6.45. The number of nitrogens with one attached hydrogen (secondary N) is 2. The third-order valence-corrected chi connectivity index (χ3v) is 8.40. The average Bonchev–Trinajstić information content (AvgIpc) is 3.63. The van der Waals surface area contributed by atoms with Gasteiger partial charge in [-0.3, -0.25) is 4.79 Å². The highest BCUT2D eigenvalue weighted by molar-refractivity contribution is 7.89. The number of aromatic nitrogens is 3. The zero-order chi connectivity index (χ0) is 27.2. The summed E-state index contributed by atoms with van der Waals surface area (Å²) in [5.74, 6) is -0.106.